The number of anilines is 1. The van der Waals surface area contributed by atoms with Crippen LogP contribution in [0, 0.1) is 5.92 Å². The van der Waals surface area contributed by atoms with Crippen LogP contribution in [0.3, 0.4) is 0 Å². The normalized spacial score (nSPS) is 18.3. The maximum atomic E-state index is 13.3. The Kier molecular flexibility index (Phi) is 6.32. The van der Waals surface area contributed by atoms with E-state index in [-0.39, 0.29) is 17.8 Å². The first kappa shape index (κ1) is 21.1. The number of rotatable bonds is 6. The molecule has 0 aromatic heterocycles. The number of amides is 1. The van der Waals surface area contributed by atoms with Crippen LogP contribution in [0.4, 0.5) is 11.4 Å². The second-order valence-electron chi connectivity index (χ2n) is 7.69. The highest BCUT2D eigenvalue weighted by Gasteiger charge is 2.36. The summed E-state index contributed by atoms with van der Waals surface area (Å²) in [4.78, 5) is 33.9. The molecule has 4 rings (SSSR count). The fourth-order valence-corrected chi connectivity index (χ4v) is 4.07. The molecule has 1 saturated heterocycles. The lowest BCUT2D eigenvalue weighted by Crippen LogP contribution is -2.45. The van der Waals surface area contributed by atoms with Gasteiger partial charge in [0.25, 0.3) is 5.91 Å². The van der Waals surface area contributed by atoms with Crippen molar-refractivity contribution in [1.29, 1.82) is 0 Å². The van der Waals surface area contributed by atoms with Crippen molar-refractivity contribution in [2.24, 2.45) is 10.9 Å². The van der Waals surface area contributed by atoms with Gasteiger partial charge in [0, 0.05) is 18.7 Å². The van der Waals surface area contributed by atoms with Gasteiger partial charge in [0.2, 0.25) is 0 Å². The summed E-state index contributed by atoms with van der Waals surface area (Å²) in [6, 6.07) is 15.1. The topological polar surface area (TPSA) is 71.4 Å². The Morgan fingerprint density at radius 1 is 1.10 bits per heavy atom. The third-order valence-corrected chi connectivity index (χ3v) is 5.76. The molecule has 2 aliphatic heterocycles. The lowest BCUT2D eigenvalue weighted by Gasteiger charge is -2.33. The molecule has 0 unspecified atom stereocenters. The second-order valence-corrected chi connectivity index (χ2v) is 7.69. The molecule has 0 radical (unpaired) electrons. The molecule has 162 valence electrons. The molecule has 0 saturated carbocycles. The van der Waals surface area contributed by atoms with Gasteiger partial charge in [0.15, 0.2) is 0 Å². The number of methoxy groups -OCH3 is 1. The van der Waals surface area contributed by atoms with E-state index in [9.17, 15) is 9.59 Å². The van der Waals surface area contributed by atoms with Crippen LogP contribution in [0.15, 0.2) is 53.5 Å². The van der Waals surface area contributed by atoms with E-state index in [0.29, 0.717) is 24.7 Å². The third-order valence-electron chi connectivity index (χ3n) is 5.76. The maximum absolute atomic E-state index is 13.3. The molecule has 0 aliphatic carbocycles. The summed E-state index contributed by atoms with van der Waals surface area (Å²) in [5, 5.41) is 0. The summed E-state index contributed by atoms with van der Waals surface area (Å²) >= 11 is 0. The van der Waals surface area contributed by atoms with Crippen LogP contribution in [0.25, 0.3) is 0 Å². The van der Waals surface area contributed by atoms with E-state index in [2.05, 4.69) is 9.89 Å². The number of carbonyl (C=O) groups is 2. The minimum absolute atomic E-state index is 0.0510. The largest absolute Gasteiger partial charge is 0.497 e. The number of hydrogen-bond acceptors (Lipinski definition) is 6. The first-order chi connectivity index (χ1) is 15.1. The Hall–Kier alpha value is -3.19. The van der Waals surface area contributed by atoms with Crippen molar-refractivity contribution >= 4 is 29.0 Å². The van der Waals surface area contributed by atoms with Gasteiger partial charge in [0.1, 0.15) is 11.5 Å². The number of nitrogens with zero attached hydrogens (tertiary/aromatic N) is 3. The summed E-state index contributed by atoms with van der Waals surface area (Å²) in [5.41, 5.74) is 2.86. The molecule has 0 spiro atoms. The number of carbonyl (C=O) groups excluding carboxylic acids is 2. The second kappa shape index (κ2) is 9.31. The highest BCUT2D eigenvalue weighted by molar-refractivity contribution is 6.54. The van der Waals surface area contributed by atoms with Gasteiger partial charge in [-0.15, -0.1) is 0 Å². The van der Waals surface area contributed by atoms with E-state index in [1.54, 1.807) is 12.0 Å². The average Bonchev–Trinajstić information content (AvgIpc) is 3.06. The van der Waals surface area contributed by atoms with Gasteiger partial charge in [0.05, 0.1) is 37.7 Å². The van der Waals surface area contributed by atoms with E-state index in [0.717, 1.165) is 42.9 Å². The Morgan fingerprint density at radius 3 is 2.48 bits per heavy atom. The van der Waals surface area contributed by atoms with Crippen LogP contribution in [0.5, 0.6) is 5.75 Å². The fourth-order valence-electron chi connectivity index (χ4n) is 4.07. The SMILES string of the molecule is CCOC(=O)C1CCN(CN2C(=O)C(=Nc3ccc(OC)cc3)c3ccccc32)CC1. The van der Waals surface area contributed by atoms with Crippen LogP contribution in [0.1, 0.15) is 25.3 Å². The smallest absolute Gasteiger partial charge is 0.309 e. The average molecular weight is 421 g/mol. The summed E-state index contributed by atoms with van der Waals surface area (Å²) < 4.78 is 10.3. The summed E-state index contributed by atoms with van der Waals surface area (Å²) in [5.74, 6) is 0.475. The van der Waals surface area contributed by atoms with Crippen molar-refractivity contribution in [3.8, 4) is 5.75 Å². The van der Waals surface area contributed by atoms with Gasteiger partial charge in [-0.3, -0.25) is 19.4 Å². The highest BCUT2D eigenvalue weighted by atomic mass is 16.5. The molecule has 31 heavy (non-hydrogen) atoms. The molecule has 7 heteroatoms. The number of ether oxygens (including phenoxy) is 2. The van der Waals surface area contributed by atoms with Gasteiger partial charge in [-0.05, 0) is 50.1 Å². The number of aliphatic imine (C=N–C) groups is 1. The highest BCUT2D eigenvalue weighted by Crippen LogP contribution is 2.32. The first-order valence-corrected chi connectivity index (χ1v) is 10.6. The summed E-state index contributed by atoms with van der Waals surface area (Å²) in [6.45, 7) is 4.22. The van der Waals surface area contributed by atoms with E-state index in [4.69, 9.17) is 9.47 Å². The lowest BCUT2D eigenvalue weighted by atomic mass is 9.97. The van der Waals surface area contributed by atoms with Crippen LogP contribution in [-0.4, -0.2) is 56.0 Å². The van der Waals surface area contributed by atoms with Gasteiger partial charge < -0.3 is 9.47 Å². The van der Waals surface area contributed by atoms with E-state index >= 15 is 0 Å². The standard InChI is InChI=1S/C24H27N3O4/c1-3-31-24(29)17-12-14-26(15-13-17)16-27-21-7-5-4-6-20(21)22(23(27)28)25-18-8-10-19(30-2)11-9-18/h4-11,17H,3,12-16H2,1-2H3. The molecule has 7 nitrogen and oxygen atoms in total. The van der Waals surface area contributed by atoms with Gasteiger partial charge in [-0.25, -0.2) is 4.99 Å². The molecular weight excluding hydrogens is 394 g/mol. The number of fused-ring (bicyclic) bond motifs is 1. The fraction of sp³-hybridized carbons (Fsp3) is 0.375. The number of likely N-dealkylation sites (tertiary alicyclic amines) is 1. The third kappa shape index (κ3) is 4.46. The number of hydrogen-bond donors (Lipinski definition) is 0. The summed E-state index contributed by atoms with van der Waals surface area (Å²) in [7, 11) is 1.62. The monoisotopic (exact) mass is 421 g/mol. The first-order valence-electron chi connectivity index (χ1n) is 10.6. The number of esters is 1. The molecule has 2 heterocycles. The summed E-state index contributed by atoms with van der Waals surface area (Å²) in [6.07, 6.45) is 1.49. The zero-order valence-corrected chi connectivity index (χ0v) is 17.9. The number of piperidine rings is 1. The Morgan fingerprint density at radius 2 is 1.81 bits per heavy atom. The molecule has 0 atom stereocenters. The molecule has 2 aliphatic rings. The number of para-hydroxylation sites is 1. The van der Waals surface area contributed by atoms with Gasteiger partial charge >= 0.3 is 5.97 Å². The Balaban J connectivity index is 1.50. The zero-order valence-electron chi connectivity index (χ0n) is 17.9. The van der Waals surface area contributed by atoms with Crippen molar-refractivity contribution in [3.05, 3.63) is 54.1 Å². The lowest BCUT2D eigenvalue weighted by molar-refractivity contribution is -0.149. The minimum atomic E-state index is -0.112. The van der Waals surface area contributed by atoms with Crippen LogP contribution < -0.4 is 9.64 Å². The van der Waals surface area contributed by atoms with Gasteiger partial charge in [-0.1, -0.05) is 18.2 Å². The van der Waals surface area contributed by atoms with Crippen LogP contribution in [0.2, 0.25) is 0 Å². The van der Waals surface area contributed by atoms with Crippen molar-refractivity contribution in [1.82, 2.24) is 4.90 Å². The van der Waals surface area contributed by atoms with E-state index < -0.39 is 0 Å². The van der Waals surface area contributed by atoms with Crippen molar-refractivity contribution in [2.45, 2.75) is 19.8 Å². The van der Waals surface area contributed by atoms with Crippen LogP contribution in [-0.2, 0) is 14.3 Å². The van der Waals surface area contributed by atoms with E-state index in [1.165, 1.54) is 0 Å². The quantitative estimate of drug-likeness (QED) is 0.669. The van der Waals surface area contributed by atoms with E-state index in [1.807, 2.05) is 55.5 Å². The molecule has 0 N–H and O–H groups in total. The molecule has 1 fully saturated rings. The maximum Gasteiger partial charge on any atom is 0.309 e. The van der Waals surface area contributed by atoms with Crippen molar-refractivity contribution in [2.75, 3.05) is 38.4 Å². The molecule has 0 bridgehead atoms. The minimum Gasteiger partial charge on any atom is -0.497 e. The molecular formula is C24H27N3O4. The predicted octanol–water partition coefficient (Wildman–Crippen LogP) is 3.40. The zero-order chi connectivity index (χ0) is 21.8. The van der Waals surface area contributed by atoms with Gasteiger partial charge in [-0.2, -0.15) is 0 Å². The number of benzene rings is 2. The van der Waals surface area contributed by atoms with Crippen molar-refractivity contribution in [3.63, 3.8) is 0 Å². The molecule has 2 aromatic carbocycles. The Bertz CT molecular complexity index is 979. The molecule has 1 amide bonds. The Labute approximate surface area is 182 Å². The molecule has 2 aromatic rings. The predicted molar refractivity (Wildman–Crippen MR) is 119 cm³/mol. The van der Waals surface area contributed by atoms with Crippen molar-refractivity contribution < 1.29 is 19.1 Å². The van der Waals surface area contributed by atoms with Crippen LogP contribution >= 0.6 is 0 Å².